The van der Waals surface area contributed by atoms with Crippen LogP contribution in [0.4, 0.5) is 0 Å². The highest BCUT2D eigenvalue weighted by molar-refractivity contribution is 5.78. The molecule has 0 radical (unpaired) electrons. The summed E-state index contributed by atoms with van der Waals surface area (Å²) in [6.45, 7) is 6.90. The van der Waals surface area contributed by atoms with Crippen molar-refractivity contribution in [1.82, 2.24) is 20.0 Å². The fraction of sp³-hybridized carbons (Fsp3) is 0.600. The molecule has 4 rings (SSSR count). The second-order valence-electron chi connectivity index (χ2n) is 7.72. The zero-order valence-electron chi connectivity index (χ0n) is 15.9. The molecule has 7 heteroatoms. The van der Waals surface area contributed by atoms with Gasteiger partial charge >= 0.3 is 0 Å². The number of pyridine rings is 1. The summed E-state index contributed by atoms with van der Waals surface area (Å²) in [5, 5.41) is 4.19. The Morgan fingerprint density at radius 3 is 2.67 bits per heavy atom. The highest BCUT2D eigenvalue weighted by Crippen LogP contribution is 2.29. The number of carbonyl (C=O) groups is 1. The van der Waals surface area contributed by atoms with Crippen LogP contribution in [0.3, 0.4) is 0 Å². The summed E-state index contributed by atoms with van der Waals surface area (Å²) >= 11 is 0. The van der Waals surface area contributed by atoms with E-state index >= 15 is 0 Å². The Kier molecular flexibility index (Phi) is 5.20. The van der Waals surface area contributed by atoms with Gasteiger partial charge in [0.2, 0.25) is 5.91 Å². The molecule has 7 nitrogen and oxygen atoms in total. The van der Waals surface area contributed by atoms with E-state index < -0.39 is 0 Å². The fourth-order valence-corrected chi connectivity index (χ4v) is 3.79. The van der Waals surface area contributed by atoms with Crippen molar-refractivity contribution in [3.63, 3.8) is 0 Å². The van der Waals surface area contributed by atoms with Crippen LogP contribution in [0.2, 0.25) is 0 Å². The van der Waals surface area contributed by atoms with E-state index in [1.54, 1.807) is 0 Å². The van der Waals surface area contributed by atoms with E-state index in [0.29, 0.717) is 17.5 Å². The zero-order chi connectivity index (χ0) is 18.8. The minimum atomic E-state index is 0.0435. The molecule has 1 atom stereocenters. The van der Waals surface area contributed by atoms with Gasteiger partial charge in [0.15, 0.2) is 5.82 Å². The molecule has 2 aromatic rings. The molecule has 0 saturated carbocycles. The lowest BCUT2D eigenvalue weighted by Crippen LogP contribution is -2.40. The Labute approximate surface area is 159 Å². The number of aromatic nitrogens is 3. The van der Waals surface area contributed by atoms with Crippen molar-refractivity contribution in [2.45, 2.75) is 44.9 Å². The number of carbonyl (C=O) groups excluding carboxylic acids is 1. The first-order valence-electron chi connectivity index (χ1n) is 9.79. The number of likely N-dealkylation sites (tertiary alicyclic amines) is 1. The van der Waals surface area contributed by atoms with Crippen molar-refractivity contribution in [2.24, 2.45) is 5.92 Å². The summed E-state index contributed by atoms with van der Waals surface area (Å²) in [6.07, 6.45) is 2.73. The molecule has 2 aliphatic rings. The Morgan fingerprint density at radius 1 is 1.15 bits per heavy atom. The molecule has 2 fully saturated rings. The van der Waals surface area contributed by atoms with E-state index in [0.717, 1.165) is 57.1 Å². The number of piperidine rings is 1. The number of hydrogen-bond acceptors (Lipinski definition) is 6. The van der Waals surface area contributed by atoms with Crippen molar-refractivity contribution in [2.75, 3.05) is 26.3 Å². The van der Waals surface area contributed by atoms with E-state index in [4.69, 9.17) is 14.2 Å². The first kappa shape index (κ1) is 18.1. The first-order valence-corrected chi connectivity index (χ1v) is 9.79. The number of rotatable bonds is 4. The largest absolute Gasteiger partial charge is 0.381 e. The second-order valence-corrected chi connectivity index (χ2v) is 7.72. The highest BCUT2D eigenvalue weighted by Gasteiger charge is 2.28. The van der Waals surface area contributed by atoms with Gasteiger partial charge in [-0.05, 0) is 31.4 Å². The Balaban J connectivity index is 1.43. The van der Waals surface area contributed by atoms with E-state index in [2.05, 4.69) is 10.1 Å². The number of ether oxygens (including phenoxy) is 1. The van der Waals surface area contributed by atoms with Crippen LogP contribution >= 0.6 is 0 Å². The van der Waals surface area contributed by atoms with Crippen molar-refractivity contribution in [3.05, 3.63) is 29.7 Å². The predicted molar refractivity (Wildman–Crippen MR) is 99.1 cm³/mol. The summed E-state index contributed by atoms with van der Waals surface area (Å²) in [5.41, 5.74) is 1.73. The minimum absolute atomic E-state index is 0.0435. The maximum atomic E-state index is 12.1. The van der Waals surface area contributed by atoms with Gasteiger partial charge in [0.25, 0.3) is 5.89 Å². The lowest BCUT2D eigenvalue weighted by atomic mass is 9.95. The van der Waals surface area contributed by atoms with Crippen LogP contribution in [0.25, 0.3) is 11.6 Å². The van der Waals surface area contributed by atoms with Crippen molar-refractivity contribution >= 4 is 5.91 Å². The van der Waals surface area contributed by atoms with Crippen molar-refractivity contribution in [1.29, 1.82) is 0 Å². The van der Waals surface area contributed by atoms with E-state index in [1.165, 1.54) is 0 Å². The van der Waals surface area contributed by atoms with Crippen LogP contribution in [-0.4, -0.2) is 52.2 Å². The highest BCUT2D eigenvalue weighted by atomic mass is 16.5. The van der Waals surface area contributed by atoms with E-state index in [9.17, 15) is 4.79 Å². The van der Waals surface area contributed by atoms with Crippen LogP contribution in [0.15, 0.2) is 22.7 Å². The number of amides is 1. The van der Waals surface area contributed by atoms with E-state index in [1.807, 2.05) is 36.9 Å². The smallest absolute Gasteiger partial charge is 0.276 e. The molecule has 0 aromatic carbocycles. The molecule has 0 bridgehead atoms. The third kappa shape index (κ3) is 3.88. The SMILES string of the molecule is CC(C)C(=O)N1CCC(c2noc(-c3cccc(C4CCOC4)n3)n2)CC1. The standard InChI is InChI=1S/C20H26N4O3/c1-13(2)20(25)24-9-6-14(7-10-24)18-22-19(27-23-18)17-5-3-4-16(21-17)15-8-11-26-12-15/h3-5,13-15H,6-12H2,1-2H3. The number of nitrogens with zero attached hydrogens (tertiary/aromatic N) is 4. The van der Waals surface area contributed by atoms with E-state index in [-0.39, 0.29) is 17.7 Å². The maximum absolute atomic E-state index is 12.1. The summed E-state index contributed by atoms with van der Waals surface area (Å²) in [4.78, 5) is 23.4. The molecule has 0 aliphatic carbocycles. The van der Waals surface area contributed by atoms with Gasteiger partial charge in [-0.25, -0.2) is 4.98 Å². The second kappa shape index (κ2) is 7.76. The van der Waals surface area contributed by atoms with Crippen LogP contribution in [0.1, 0.15) is 56.5 Å². The molecular weight excluding hydrogens is 344 g/mol. The predicted octanol–water partition coefficient (Wildman–Crippen LogP) is 3.00. The lowest BCUT2D eigenvalue weighted by Gasteiger charge is -2.31. The minimum Gasteiger partial charge on any atom is -0.381 e. The zero-order valence-corrected chi connectivity index (χ0v) is 15.9. The molecule has 1 unspecified atom stereocenters. The summed E-state index contributed by atoms with van der Waals surface area (Å²) in [7, 11) is 0. The van der Waals surface area contributed by atoms with Gasteiger partial charge in [-0.2, -0.15) is 4.98 Å². The van der Waals surface area contributed by atoms with Crippen LogP contribution in [0.5, 0.6) is 0 Å². The molecule has 1 amide bonds. The molecule has 4 heterocycles. The summed E-state index contributed by atoms with van der Waals surface area (Å²) < 4.78 is 11.0. The summed E-state index contributed by atoms with van der Waals surface area (Å²) in [5.74, 6) is 2.02. The molecule has 144 valence electrons. The van der Waals surface area contributed by atoms with Gasteiger partial charge < -0.3 is 14.2 Å². The molecule has 2 saturated heterocycles. The quantitative estimate of drug-likeness (QED) is 0.823. The normalized spacial score (nSPS) is 21.1. The van der Waals surface area contributed by atoms with Crippen LogP contribution in [-0.2, 0) is 9.53 Å². The number of hydrogen-bond donors (Lipinski definition) is 0. The fourth-order valence-electron chi connectivity index (χ4n) is 3.79. The third-order valence-corrected chi connectivity index (χ3v) is 5.45. The molecule has 2 aromatic heterocycles. The Hall–Kier alpha value is -2.28. The average molecular weight is 370 g/mol. The van der Waals surface area contributed by atoms with Crippen molar-refractivity contribution < 1.29 is 14.1 Å². The first-order chi connectivity index (χ1) is 13.1. The van der Waals surface area contributed by atoms with Gasteiger partial charge in [-0.15, -0.1) is 0 Å². The maximum Gasteiger partial charge on any atom is 0.276 e. The Bertz CT molecular complexity index is 790. The lowest BCUT2D eigenvalue weighted by molar-refractivity contribution is -0.135. The van der Waals surface area contributed by atoms with Gasteiger partial charge in [-0.1, -0.05) is 25.1 Å². The van der Waals surface area contributed by atoms with Gasteiger partial charge in [0, 0.05) is 43.1 Å². The molecular formula is C20H26N4O3. The van der Waals surface area contributed by atoms with Crippen molar-refractivity contribution in [3.8, 4) is 11.6 Å². The molecule has 0 N–H and O–H groups in total. The third-order valence-electron chi connectivity index (χ3n) is 5.45. The van der Waals surface area contributed by atoms with Gasteiger partial charge in [-0.3, -0.25) is 4.79 Å². The van der Waals surface area contributed by atoms with Gasteiger partial charge in [0.1, 0.15) is 5.69 Å². The molecule has 0 spiro atoms. The van der Waals surface area contributed by atoms with Crippen LogP contribution in [0, 0.1) is 5.92 Å². The molecule has 27 heavy (non-hydrogen) atoms. The monoisotopic (exact) mass is 370 g/mol. The molecule has 2 aliphatic heterocycles. The van der Waals surface area contributed by atoms with Crippen LogP contribution < -0.4 is 0 Å². The Morgan fingerprint density at radius 2 is 1.96 bits per heavy atom. The topological polar surface area (TPSA) is 81.4 Å². The summed E-state index contributed by atoms with van der Waals surface area (Å²) in [6, 6.07) is 5.91. The van der Waals surface area contributed by atoms with Gasteiger partial charge in [0.05, 0.1) is 6.61 Å². The average Bonchev–Trinajstić information content (AvgIpc) is 3.40.